The molecule has 0 nitrogen and oxygen atoms in total. The molecule has 0 aliphatic rings. The van der Waals surface area contributed by atoms with Gasteiger partial charge in [0.1, 0.15) is 0 Å². The molecule has 60 valence electrons. The predicted octanol–water partition coefficient (Wildman–Crippen LogP) is 3.79. The average Bonchev–Trinajstić information content (AvgIpc) is 1.99. The highest BCUT2D eigenvalue weighted by Crippen LogP contribution is 2.26. The maximum Gasteiger partial charge on any atom is 0.0234 e. The second-order valence-corrected chi connectivity index (χ2v) is 4.25. The van der Waals surface area contributed by atoms with E-state index in [2.05, 4.69) is 48.2 Å². The van der Waals surface area contributed by atoms with Crippen molar-refractivity contribution >= 4 is 27.7 Å². The number of benzene rings is 1. The molecule has 1 rings (SSSR count). The van der Waals surface area contributed by atoms with Crippen molar-refractivity contribution in [1.29, 1.82) is 0 Å². The Morgan fingerprint density at radius 2 is 1.64 bits per heavy atom. The van der Waals surface area contributed by atoms with Gasteiger partial charge in [0, 0.05) is 9.37 Å². The summed E-state index contributed by atoms with van der Waals surface area (Å²) < 4.78 is 1.23. The second-order valence-electron chi connectivity index (χ2n) is 2.58. The Kier molecular flexibility index (Phi) is 3.02. The van der Waals surface area contributed by atoms with E-state index in [1.165, 1.54) is 20.5 Å². The second kappa shape index (κ2) is 3.63. The molecule has 11 heavy (non-hydrogen) atoms. The lowest BCUT2D eigenvalue weighted by Crippen LogP contribution is -1.82. The molecule has 1 aromatic carbocycles. The van der Waals surface area contributed by atoms with Gasteiger partial charge in [0.2, 0.25) is 0 Å². The number of rotatable bonds is 1. The van der Waals surface area contributed by atoms with Crippen LogP contribution in [-0.2, 0) is 0 Å². The fraction of sp³-hybridized carbons (Fsp3) is 0.333. The third kappa shape index (κ3) is 2.00. The molecule has 0 spiro atoms. The minimum atomic E-state index is 1.23. The van der Waals surface area contributed by atoms with E-state index in [0.29, 0.717) is 0 Å². The van der Waals surface area contributed by atoms with Crippen molar-refractivity contribution in [1.82, 2.24) is 0 Å². The summed E-state index contributed by atoms with van der Waals surface area (Å²) in [6.07, 6.45) is 2.10. The quantitative estimate of drug-likeness (QED) is 0.662. The van der Waals surface area contributed by atoms with Gasteiger partial charge in [0.25, 0.3) is 0 Å². The van der Waals surface area contributed by atoms with Crippen molar-refractivity contribution in [2.75, 3.05) is 6.26 Å². The summed E-state index contributed by atoms with van der Waals surface area (Å²) in [5.41, 5.74) is 2.63. The molecule has 0 aliphatic heterocycles. The van der Waals surface area contributed by atoms with Gasteiger partial charge >= 0.3 is 0 Å². The maximum atomic E-state index is 3.53. The Morgan fingerprint density at radius 1 is 1.18 bits per heavy atom. The highest BCUT2D eigenvalue weighted by atomic mass is 79.9. The molecule has 0 unspecified atom stereocenters. The van der Waals surface area contributed by atoms with Crippen molar-refractivity contribution in [3.8, 4) is 0 Å². The summed E-state index contributed by atoms with van der Waals surface area (Å²) >= 11 is 5.32. The van der Waals surface area contributed by atoms with Crippen LogP contribution in [0.2, 0.25) is 0 Å². The summed E-state index contributed by atoms with van der Waals surface area (Å²) in [6.45, 7) is 4.24. The summed E-state index contributed by atoms with van der Waals surface area (Å²) in [7, 11) is 0. The van der Waals surface area contributed by atoms with Crippen molar-refractivity contribution in [3.63, 3.8) is 0 Å². The molecule has 2 heteroatoms. The first-order valence-electron chi connectivity index (χ1n) is 3.46. The van der Waals surface area contributed by atoms with Crippen LogP contribution in [0.25, 0.3) is 0 Å². The van der Waals surface area contributed by atoms with Crippen LogP contribution in [0.4, 0.5) is 0 Å². The molecular formula is C9H11BrS. The zero-order valence-corrected chi connectivity index (χ0v) is 9.34. The van der Waals surface area contributed by atoms with Crippen LogP contribution < -0.4 is 0 Å². The van der Waals surface area contributed by atoms with E-state index in [9.17, 15) is 0 Å². The molecule has 0 aliphatic carbocycles. The third-order valence-electron chi connectivity index (χ3n) is 1.65. The van der Waals surface area contributed by atoms with E-state index >= 15 is 0 Å². The number of thioether (sulfide) groups is 1. The van der Waals surface area contributed by atoms with Crippen molar-refractivity contribution < 1.29 is 0 Å². The van der Waals surface area contributed by atoms with Gasteiger partial charge in [-0.3, -0.25) is 0 Å². The van der Waals surface area contributed by atoms with Crippen LogP contribution in [0.3, 0.4) is 0 Å². The Hall–Kier alpha value is 0.0500. The van der Waals surface area contributed by atoms with Gasteiger partial charge in [-0.05, 0) is 43.4 Å². The van der Waals surface area contributed by atoms with E-state index < -0.39 is 0 Å². The van der Waals surface area contributed by atoms with E-state index in [-0.39, 0.29) is 0 Å². The van der Waals surface area contributed by atoms with Crippen LogP contribution in [-0.4, -0.2) is 6.26 Å². The van der Waals surface area contributed by atoms with Gasteiger partial charge in [-0.25, -0.2) is 0 Å². The van der Waals surface area contributed by atoms with E-state index in [1.54, 1.807) is 11.8 Å². The van der Waals surface area contributed by atoms with Crippen LogP contribution >= 0.6 is 27.7 Å². The molecule has 0 saturated heterocycles. The van der Waals surface area contributed by atoms with Crippen LogP contribution in [0.5, 0.6) is 0 Å². The zero-order chi connectivity index (χ0) is 8.43. The standard InChI is InChI=1S/C9H11BrS/c1-6-4-8(11-3)5-7(2)9(6)10/h4-5H,1-3H3. The maximum absolute atomic E-state index is 3.53. The fourth-order valence-corrected chi connectivity index (χ4v) is 1.84. The lowest BCUT2D eigenvalue weighted by Gasteiger charge is -2.04. The van der Waals surface area contributed by atoms with Crippen molar-refractivity contribution in [2.24, 2.45) is 0 Å². The van der Waals surface area contributed by atoms with Gasteiger partial charge in [0.05, 0.1) is 0 Å². The van der Waals surface area contributed by atoms with Crippen LogP contribution in [0, 0.1) is 13.8 Å². The molecular weight excluding hydrogens is 220 g/mol. The first kappa shape index (κ1) is 9.14. The van der Waals surface area contributed by atoms with E-state index in [0.717, 1.165) is 0 Å². The largest absolute Gasteiger partial charge is 0.130 e. The summed E-state index contributed by atoms with van der Waals surface area (Å²) in [4.78, 5) is 1.34. The molecule has 0 heterocycles. The van der Waals surface area contributed by atoms with Gasteiger partial charge in [-0.2, -0.15) is 0 Å². The number of halogens is 1. The van der Waals surface area contributed by atoms with Crippen molar-refractivity contribution in [2.45, 2.75) is 18.7 Å². The van der Waals surface area contributed by atoms with Crippen LogP contribution in [0.15, 0.2) is 21.5 Å². The minimum absolute atomic E-state index is 1.23. The van der Waals surface area contributed by atoms with E-state index in [4.69, 9.17) is 0 Å². The monoisotopic (exact) mass is 230 g/mol. The van der Waals surface area contributed by atoms with Crippen LogP contribution in [0.1, 0.15) is 11.1 Å². The summed E-state index contributed by atoms with van der Waals surface area (Å²) in [5, 5.41) is 0. The highest BCUT2D eigenvalue weighted by Gasteiger charge is 2.00. The Labute approximate surface area is 80.5 Å². The molecule has 0 N–H and O–H groups in total. The lowest BCUT2D eigenvalue weighted by atomic mass is 10.2. The predicted molar refractivity (Wildman–Crippen MR) is 55.4 cm³/mol. The Balaban J connectivity index is 3.21. The molecule has 0 fully saturated rings. The third-order valence-corrected chi connectivity index (χ3v) is 3.60. The first-order valence-corrected chi connectivity index (χ1v) is 5.47. The van der Waals surface area contributed by atoms with E-state index in [1.807, 2.05) is 0 Å². The molecule has 0 saturated carbocycles. The summed E-state index contributed by atoms with van der Waals surface area (Å²) in [5.74, 6) is 0. The number of aryl methyl sites for hydroxylation is 2. The molecule has 0 atom stereocenters. The van der Waals surface area contributed by atoms with Crippen molar-refractivity contribution in [3.05, 3.63) is 27.7 Å². The zero-order valence-electron chi connectivity index (χ0n) is 6.94. The Bertz CT molecular complexity index is 245. The SMILES string of the molecule is CSc1cc(C)c(Br)c(C)c1. The van der Waals surface area contributed by atoms with Gasteiger partial charge in [0.15, 0.2) is 0 Å². The van der Waals surface area contributed by atoms with Gasteiger partial charge in [-0.1, -0.05) is 15.9 Å². The fourth-order valence-electron chi connectivity index (χ4n) is 1.02. The number of hydrogen-bond acceptors (Lipinski definition) is 1. The minimum Gasteiger partial charge on any atom is -0.130 e. The normalized spacial score (nSPS) is 10.2. The first-order chi connectivity index (χ1) is 5.15. The Morgan fingerprint density at radius 3 is 2.00 bits per heavy atom. The molecule has 0 bridgehead atoms. The highest BCUT2D eigenvalue weighted by molar-refractivity contribution is 9.10. The summed E-state index contributed by atoms with van der Waals surface area (Å²) in [6, 6.07) is 4.39. The van der Waals surface area contributed by atoms with Gasteiger partial charge in [-0.15, -0.1) is 11.8 Å². The smallest absolute Gasteiger partial charge is 0.0234 e. The molecule has 0 radical (unpaired) electrons. The average molecular weight is 231 g/mol. The molecule has 0 amide bonds. The topological polar surface area (TPSA) is 0 Å². The lowest BCUT2D eigenvalue weighted by molar-refractivity contribution is 1.27. The van der Waals surface area contributed by atoms with Gasteiger partial charge < -0.3 is 0 Å². The molecule has 1 aromatic rings. The number of hydrogen-bond donors (Lipinski definition) is 0. The molecule has 0 aromatic heterocycles.